The van der Waals surface area contributed by atoms with Gasteiger partial charge in [-0.25, -0.2) is 4.39 Å². The highest BCUT2D eigenvalue weighted by Crippen LogP contribution is 2.24. The molecule has 2 aromatic carbocycles. The lowest BCUT2D eigenvalue weighted by molar-refractivity contribution is -0.141. The average molecular weight is 327 g/mol. The van der Waals surface area contributed by atoms with E-state index in [9.17, 15) is 14.3 Å². The monoisotopic (exact) mass is 326 g/mol. The number of hydrogen-bond donors (Lipinski definition) is 1. The van der Waals surface area contributed by atoms with Crippen molar-refractivity contribution in [1.29, 1.82) is 0 Å². The molecule has 2 nitrogen and oxygen atoms in total. The van der Waals surface area contributed by atoms with Crippen LogP contribution in [0.2, 0.25) is 10.0 Å². The van der Waals surface area contributed by atoms with Crippen LogP contribution in [0.3, 0.4) is 0 Å². The zero-order valence-corrected chi connectivity index (χ0v) is 12.5. The van der Waals surface area contributed by atoms with Crippen molar-refractivity contribution in [1.82, 2.24) is 0 Å². The minimum Gasteiger partial charge on any atom is -0.481 e. The molecule has 0 aliphatic rings. The Hall–Kier alpha value is -1.58. The van der Waals surface area contributed by atoms with E-state index in [-0.39, 0.29) is 11.4 Å². The number of carbonyl (C=O) groups is 1. The number of benzene rings is 2. The number of carboxylic acids is 1. The SMILES string of the molecule is O=C(O)C(Cc1cccc(Cl)c1)Cc1cccc(F)c1Cl. The first-order valence-corrected chi connectivity index (χ1v) is 7.13. The molecule has 2 rings (SSSR count). The molecular weight excluding hydrogens is 314 g/mol. The molecule has 110 valence electrons. The first-order chi connectivity index (χ1) is 9.97. The molecule has 0 saturated carbocycles. The Labute approximate surface area is 132 Å². The third kappa shape index (κ3) is 4.19. The van der Waals surface area contributed by atoms with Crippen molar-refractivity contribution in [2.24, 2.45) is 5.92 Å². The van der Waals surface area contributed by atoms with Crippen LogP contribution in [0.25, 0.3) is 0 Å². The van der Waals surface area contributed by atoms with Crippen LogP contribution in [0, 0.1) is 11.7 Å². The van der Waals surface area contributed by atoms with Crippen LogP contribution in [0.5, 0.6) is 0 Å². The van der Waals surface area contributed by atoms with E-state index in [2.05, 4.69) is 0 Å². The van der Waals surface area contributed by atoms with Crippen molar-refractivity contribution in [3.63, 3.8) is 0 Å². The van der Waals surface area contributed by atoms with E-state index in [0.29, 0.717) is 17.0 Å². The van der Waals surface area contributed by atoms with E-state index >= 15 is 0 Å². The van der Waals surface area contributed by atoms with Gasteiger partial charge in [0.25, 0.3) is 0 Å². The molecule has 0 amide bonds. The summed E-state index contributed by atoms with van der Waals surface area (Å²) in [5.41, 5.74) is 1.31. The van der Waals surface area contributed by atoms with Crippen LogP contribution in [0.15, 0.2) is 42.5 Å². The normalized spacial score (nSPS) is 12.1. The van der Waals surface area contributed by atoms with Gasteiger partial charge in [0.05, 0.1) is 10.9 Å². The summed E-state index contributed by atoms with van der Waals surface area (Å²) in [5, 5.41) is 9.89. The molecule has 0 saturated heterocycles. The van der Waals surface area contributed by atoms with Gasteiger partial charge in [0.2, 0.25) is 0 Å². The molecule has 2 aromatic rings. The topological polar surface area (TPSA) is 37.3 Å². The van der Waals surface area contributed by atoms with E-state index in [1.165, 1.54) is 12.1 Å². The van der Waals surface area contributed by atoms with Gasteiger partial charge in [-0.2, -0.15) is 0 Å². The van der Waals surface area contributed by atoms with E-state index in [4.69, 9.17) is 23.2 Å². The van der Waals surface area contributed by atoms with Crippen LogP contribution in [0.4, 0.5) is 4.39 Å². The lowest BCUT2D eigenvalue weighted by atomic mass is 9.92. The molecule has 0 radical (unpaired) electrons. The molecule has 0 bridgehead atoms. The molecule has 5 heteroatoms. The lowest BCUT2D eigenvalue weighted by Gasteiger charge is -2.14. The van der Waals surface area contributed by atoms with Gasteiger partial charge in [0, 0.05) is 5.02 Å². The van der Waals surface area contributed by atoms with Gasteiger partial charge in [-0.15, -0.1) is 0 Å². The molecule has 0 aliphatic heterocycles. The largest absolute Gasteiger partial charge is 0.481 e. The minimum absolute atomic E-state index is 0.0187. The van der Waals surface area contributed by atoms with Gasteiger partial charge in [0.1, 0.15) is 5.82 Å². The van der Waals surface area contributed by atoms with Crippen molar-refractivity contribution in [3.05, 3.63) is 69.5 Å². The van der Waals surface area contributed by atoms with Crippen LogP contribution in [-0.2, 0) is 17.6 Å². The fourth-order valence-electron chi connectivity index (χ4n) is 2.17. The van der Waals surface area contributed by atoms with Gasteiger partial charge >= 0.3 is 5.97 Å². The van der Waals surface area contributed by atoms with E-state index in [0.717, 1.165) is 5.56 Å². The molecule has 21 heavy (non-hydrogen) atoms. The van der Waals surface area contributed by atoms with Crippen molar-refractivity contribution >= 4 is 29.2 Å². The smallest absolute Gasteiger partial charge is 0.307 e. The Morgan fingerprint density at radius 1 is 1.14 bits per heavy atom. The highest BCUT2D eigenvalue weighted by Gasteiger charge is 2.20. The zero-order chi connectivity index (χ0) is 15.4. The van der Waals surface area contributed by atoms with Crippen LogP contribution >= 0.6 is 23.2 Å². The maximum atomic E-state index is 13.4. The van der Waals surface area contributed by atoms with E-state index < -0.39 is 17.7 Å². The Morgan fingerprint density at radius 3 is 2.52 bits per heavy atom. The van der Waals surface area contributed by atoms with Crippen molar-refractivity contribution in [3.8, 4) is 0 Å². The van der Waals surface area contributed by atoms with Crippen molar-refractivity contribution < 1.29 is 14.3 Å². The average Bonchev–Trinajstić information content (AvgIpc) is 2.43. The van der Waals surface area contributed by atoms with Gasteiger partial charge in [-0.05, 0) is 42.2 Å². The maximum Gasteiger partial charge on any atom is 0.307 e. The summed E-state index contributed by atoms with van der Waals surface area (Å²) in [6, 6.07) is 11.4. The summed E-state index contributed by atoms with van der Waals surface area (Å²) >= 11 is 11.8. The second kappa shape index (κ2) is 6.92. The fraction of sp³-hybridized carbons (Fsp3) is 0.188. The zero-order valence-electron chi connectivity index (χ0n) is 11.0. The second-order valence-corrected chi connectivity index (χ2v) is 5.60. The molecule has 0 aliphatic carbocycles. The molecule has 0 aromatic heterocycles. The summed E-state index contributed by atoms with van der Waals surface area (Å²) in [7, 11) is 0. The Kier molecular flexibility index (Phi) is 5.21. The molecule has 1 N–H and O–H groups in total. The standard InChI is InChI=1S/C16H13Cl2FO2/c17-13-5-1-3-10(8-13)7-12(16(20)21)9-11-4-2-6-14(19)15(11)18/h1-6,8,12H,7,9H2,(H,20,21). The first kappa shape index (κ1) is 15.8. The highest BCUT2D eigenvalue weighted by molar-refractivity contribution is 6.31. The summed E-state index contributed by atoms with van der Waals surface area (Å²) in [6.07, 6.45) is 0.473. The number of rotatable bonds is 5. The quantitative estimate of drug-likeness (QED) is 0.870. The van der Waals surface area contributed by atoms with Crippen molar-refractivity contribution in [2.75, 3.05) is 0 Å². The van der Waals surface area contributed by atoms with Gasteiger partial charge < -0.3 is 5.11 Å². The fourth-order valence-corrected chi connectivity index (χ4v) is 2.58. The third-order valence-electron chi connectivity index (χ3n) is 3.22. The van der Waals surface area contributed by atoms with Crippen LogP contribution in [-0.4, -0.2) is 11.1 Å². The predicted octanol–water partition coefficient (Wildman–Crippen LogP) is 4.62. The number of carboxylic acid groups (broad SMARTS) is 1. The van der Waals surface area contributed by atoms with E-state index in [1.54, 1.807) is 24.3 Å². The van der Waals surface area contributed by atoms with Gasteiger partial charge in [-0.3, -0.25) is 4.79 Å². The van der Waals surface area contributed by atoms with Crippen LogP contribution in [0.1, 0.15) is 11.1 Å². The predicted molar refractivity (Wildman–Crippen MR) is 81.4 cm³/mol. The molecule has 1 unspecified atom stereocenters. The molecule has 0 heterocycles. The summed E-state index contributed by atoms with van der Waals surface area (Å²) in [5.74, 6) is -2.18. The molecular formula is C16H13Cl2FO2. The Balaban J connectivity index is 2.20. The number of hydrogen-bond acceptors (Lipinski definition) is 1. The Morgan fingerprint density at radius 2 is 1.86 bits per heavy atom. The first-order valence-electron chi connectivity index (χ1n) is 6.37. The van der Waals surface area contributed by atoms with E-state index in [1.807, 2.05) is 6.07 Å². The molecule has 1 atom stereocenters. The van der Waals surface area contributed by atoms with Crippen molar-refractivity contribution in [2.45, 2.75) is 12.8 Å². The highest BCUT2D eigenvalue weighted by atomic mass is 35.5. The summed E-state index contributed by atoms with van der Waals surface area (Å²) in [4.78, 5) is 11.4. The van der Waals surface area contributed by atoms with Gasteiger partial charge in [-0.1, -0.05) is 47.5 Å². The molecule has 0 spiro atoms. The third-order valence-corrected chi connectivity index (χ3v) is 3.88. The van der Waals surface area contributed by atoms with Crippen LogP contribution < -0.4 is 0 Å². The lowest BCUT2D eigenvalue weighted by Crippen LogP contribution is -2.19. The maximum absolute atomic E-state index is 13.4. The number of halogens is 3. The second-order valence-electron chi connectivity index (χ2n) is 4.79. The Bertz CT molecular complexity index is 658. The van der Waals surface area contributed by atoms with Gasteiger partial charge in [0.15, 0.2) is 0 Å². The number of aliphatic carboxylic acids is 1. The summed E-state index contributed by atoms with van der Waals surface area (Å²) < 4.78 is 13.4. The molecule has 0 fully saturated rings. The minimum atomic E-state index is -0.949. The summed E-state index contributed by atoms with van der Waals surface area (Å²) in [6.45, 7) is 0.